The number of hydrogen-bond acceptors (Lipinski definition) is 4. The summed E-state index contributed by atoms with van der Waals surface area (Å²) in [6, 6.07) is 22.0. The van der Waals surface area contributed by atoms with Crippen LogP contribution < -0.4 is 15.4 Å². The second kappa shape index (κ2) is 10.3. The molecule has 5 nitrogen and oxygen atoms in total. The van der Waals surface area contributed by atoms with Gasteiger partial charge < -0.3 is 15.4 Å². The van der Waals surface area contributed by atoms with Crippen LogP contribution in [0.1, 0.15) is 38.3 Å². The number of nitrogens with zero attached hydrogens (tertiary/aromatic N) is 1. The van der Waals surface area contributed by atoms with Gasteiger partial charge in [0.25, 0.3) is 0 Å². The maximum Gasteiger partial charge on any atom is 0.319 e. The molecule has 0 aliphatic rings. The maximum absolute atomic E-state index is 12.2. The SMILES string of the molecule is Cc1ccc2nc(-c3ccc(NC(=O)NCCCOc4ccc(C(C)(C)C)cc4)cc3)sc2c1. The molecule has 4 rings (SSSR count). The zero-order valence-electron chi connectivity index (χ0n) is 20.1. The minimum Gasteiger partial charge on any atom is -0.494 e. The van der Waals surface area contributed by atoms with E-state index in [1.807, 2.05) is 36.4 Å². The number of rotatable bonds is 7. The number of ether oxygens (including phenoxy) is 1. The van der Waals surface area contributed by atoms with Crippen LogP contribution in [0.25, 0.3) is 20.8 Å². The normalized spacial score (nSPS) is 11.4. The number of benzene rings is 3. The zero-order valence-corrected chi connectivity index (χ0v) is 21.0. The predicted molar refractivity (Wildman–Crippen MR) is 142 cm³/mol. The maximum atomic E-state index is 12.2. The van der Waals surface area contributed by atoms with Gasteiger partial charge >= 0.3 is 6.03 Å². The minimum absolute atomic E-state index is 0.130. The second-order valence-electron chi connectivity index (χ2n) is 9.42. The molecule has 0 bridgehead atoms. The van der Waals surface area contributed by atoms with E-state index in [2.05, 4.69) is 68.7 Å². The number of hydrogen-bond donors (Lipinski definition) is 2. The Hall–Kier alpha value is -3.38. The molecule has 0 aliphatic heterocycles. The number of carbonyl (C=O) groups excluding carboxylic acids is 1. The fourth-order valence-corrected chi connectivity index (χ4v) is 4.61. The lowest BCUT2D eigenvalue weighted by molar-refractivity contribution is 0.250. The van der Waals surface area contributed by atoms with Gasteiger partial charge in [0.2, 0.25) is 0 Å². The molecule has 0 saturated heterocycles. The molecule has 0 unspecified atom stereocenters. The van der Waals surface area contributed by atoms with E-state index < -0.39 is 0 Å². The molecule has 0 spiro atoms. The highest BCUT2D eigenvalue weighted by atomic mass is 32.1. The number of urea groups is 1. The summed E-state index contributed by atoms with van der Waals surface area (Å²) in [5, 5.41) is 6.73. The molecule has 6 heteroatoms. The van der Waals surface area contributed by atoms with Crippen molar-refractivity contribution in [3.63, 3.8) is 0 Å². The predicted octanol–water partition coefficient (Wildman–Crippen LogP) is 7.16. The Labute approximate surface area is 205 Å². The molecule has 34 heavy (non-hydrogen) atoms. The lowest BCUT2D eigenvalue weighted by Crippen LogP contribution is -2.30. The monoisotopic (exact) mass is 473 g/mol. The van der Waals surface area contributed by atoms with Gasteiger partial charge in [0, 0.05) is 17.8 Å². The van der Waals surface area contributed by atoms with Crippen molar-refractivity contribution in [3.05, 3.63) is 77.9 Å². The number of nitrogens with one attached hydrogen (secondary N) is 2. The molecule has 4 aromatic rings. The second-order valence-corrected chi connectivity index (χ2v) is 10.5. The molecular weight excluding hydrogens is 442 g/mol. The van der Waals surface area contributed by atoms with Gasteiger partial charge in [-0.25, -0.2) is 9.78 Å². The Balaban J connectivity index is 1.20. The summed E-state index contributed by atoms with van der Waals surface area (Å²) >= 11 is 1.68. The molecule has 2 N–H and O–H groups in total. The minimum atomic E-state index is -0.224. The lowest BCUT2D eigenvalue weighted by atomic mass is 9.87. The van der Waals surface area contributed by atoms with Crippen LogP contribution >= 0.6 is 11.3 Å². The summed E-state index contributed by atoms with van der Waals surface area (Å²) < 4.78 is 6.96. The van der Waals surface area contributed by atoms with Crippen molar-refractivity contribution in [3.8, 4) is 16.3 Å². The van der Waals surface area contributed by atoms with E-state index in [0.29, 0.717) is 13.2 Å². The summed E-state index contributed by atoms with van der Waals surface area (Å²) in [5.41, 5.74) is 5.44. The van der Waals surface area contributed by atoms with Crippen molar-refractivity contribution in [1.29, 1.82) is 0 Å². The van der Waals surface area contributed by atoms with Crippen LogP contribution in [0.3, 0.4) is 0 Å². The van der Waals surface area contributed by atoms with Gasteiger partial charge in [0.15, 0.2) is 0 Å². The van der Waals surface area contributed by atoms with Crippen LogP contribution in [-0.2, 0) is 5.41 Å². The lowest BCUT2D eigenvalue weighted by Gasteiger charge is -2.19. The number of amides is 2. The van der Waals surface area contributed by atoms with Gasteiger partial charge in [-0.2, -0.15) is 0 Å². The van der Waals surface area contributed by atoms with Crippen LogP contribution in [0.15, 0.2) is 66.7 Å². The summed E-state index contributed by atoms with van der Waals surface area (Å²) in [4.78, 5) is 16.9. The van der Waals surface area contributed by atoms with Gasteiger partial charge in [-0.3, -0.25) is 0 Å². The van der Waals surface area contributed by atoms with Gasteiger partial charge in [0.1, 0.15) is 10.8 Å². The molecule has 0 atom stereocenters. The van der Waals surface area contributed by atoms with Gasteiger partial charge in [-0.15, -0.1) is 11.3 Å². The first kappa shape index (κ1) is 23.8. The van der Waals surface area contributed by atoms with Crippen molar-refractivity contribution < 1.29 is 9.53 Å². The van der Waals surface area contributed by atoms with E-state index in [9.17, 15) is 4.79 Å². The van der Waals surface area contributed by atoms with E-state index in [4.69, 9.17) is 9.72 Å². The molecular formula is C28H31N3O2S. The Morgan fingerprint density at radius 2 is 1.74 bits per heavy atom. The average Bonchev–Trinajstić information content (AvgIpc) is 3.22. The van der Waals surface area contributed by atoms with E-state index in [0.717, 1.165) is 33.9 Å². The van der Waals surface area contributed by atoms with E-state index in [-0.39, 0.29) is 11.4 Å². The first-order valence-corrected chi connectivity index (χ1v) is 12.4. The molecule has 2 amide bonds. The third-order valence-corrected chi connectivity index (χ3v) is 6.60. The Kier molecular flexibility index (Phi) is 7.17. The molecule has 0 fully saturated rings. The molecule has 176 valence electrons. The Morgan fingerprint density at radius 3 is 2.44 bits per heavy atom. The summed E-state index contributed by atoms with van der Waals surface area (Å²) in [5.74, 6) is 0.848. The standard InChI is InChI=1S/C28H31N3O2S/c1-19-6-15-24-25(18-19)34-26(31-24)20-7-11-22(12-8-20)30-27(32)29-16-5-17-33-23-13-9-21(10-14-23)28(2,3)4/h6-15,18H,5,16-17H2,1-4H3,(H2,29,30,32). The molecule has 0 aliphatic carbocycles. The number of carbonyl (C=O) groups is 1. The zero-order chi connectivity index (χ0) is 24.1. The fraction of sp³-hybridized carbons (Fsp3) is 0.286. The number of thiazole rings is 1. The Bertz CT molecular complexity index is 1260. The van der Waals surface area contributed by atoms with Gasteiger partial charge in [0.05, 0.1) is 16.8 Å². The van der Waals surface area contributed by atoms with Gasteiger partial charge in [-0.1, -0.05) is 39.0 Å². The highest BCUT2D eigenvalue weighted by Gasteiger charge is 2.13. The third kappa shape index (κ3) is 6.14. The summed E-state index contributed by atoms with van der Waals surface area (Å²) in [7, 11) is 0. The molecule has 0 radical (unpaired) electrons. The van der Waals surface area contributed by atoms with Crippen LogP contribution in [-0.4, -0.2) is 24.2 Å². The molecule has 0 saturated carbocycles. The summed E-state index contributed by atoms with van der Waals surface area (Å²) in [6.45, 7) is 9.75. The van der Waals surface area contributed by atoms with Crippen LogP contribution in [0.4, 0.5) is 10.5 Å². The number of aryl methyl sites for hydroxylation is 1. The van der Waals surface area contributed by atoms with Gasteiger partial charge in [-0.05, 0) is 78.4 Å². The largest absolute Gasteiger partial charge is 0.494 e. The van der Waals surface area contributed by atoms with Crippen molar-refractivity contribution >= 4 is 33.3 Å². The molecule has 3 aromatic carbocycles. The number of anilines is 1. The number of fused-ring (bicyclic) bond motifs is 1. The first-order chi connectivity index (χ1) is 16.3. The first-order valence-electron chi connectivity index (χ1n) is 11.5. The van der Waals surface area contributed by atoms with Crippen molar-refractivity contribution in [2.75, 3.05) is 18.5 Å². The van der Waals surface area contributed by atoms with Crippen molar-refractivity contribution in [2.24, 2.45) is 0 Å². The van der Waals surface area contributed by atoms with Crippen LogP contribution in [0.5, 0.6) is 5.75 Å². The fourth-order valence-electron chi connectivity index (χ4n) is 3.54. The van der Waals surface area contributed by atoms with Crippen LogP contribution in [0, 0.1) is 6.92 Å². The molecule has 1 heterocycles. The van der Waals surface area contributed by atoms with E-state index in [1.165, 1.54) is 15.8 Å². The quantitative estimate of drug-likeness (QED) is 0.280. The summed E-state index contributed by atoms with van der Waals surface area (Å²) in [6.07, 6.45) is 0.727. The van der Waals surface area contributed by atoms with E-state index >= 15 is 0 Å². The van der Waals surface area contributed by atoms with Crippen molar-refractivity contribution in [2.45, 2.75) is 39.5 Å². The van der Waals surface area contributed by atoms with E-state index in [1.54, 1.807) is 11.3 Å². The highest BCUT2D eigenvalue weighted by Crippen LogP contribution is 2.31. The van der Waals surface area contributed by atoms with Crippen LogP contribution in [0.2, 0.25) is 0 Å². The third-order valence-electron chi connectivity index (χ3n) is 5.53. The average molecular weight is 474 g/mol. The Morgan fingerprint density at radius 1 is 1.00 bits per heavy atom. The van der Waals surface area contributed by atoms with Crippen molar-refractivity contribution in [1.82, 2.24) is 10.3 Å². The number of aromatic nitrogens is 1. The highest BCUT2D eigenvalue weighted by molar-refractivity contribution is 7.21. The smallest absolute Gasteiger partial charge is 0.319 e. The topological polar surface area (TPSA) is 63.2 Å². The molecule has 1 aromatic heterocycles.